The summed E-state index contributed by atoms with van der Waals surface area (Å²) in [5.74, 6) is 3.57. The zero-order valence-corrected chi connectivity index (χ0v) is 30.6. The highest BCUT2D eigenvalue weighted by molar-refractivity contribution is 5.37. The summed E-state index contributed by atoms with van der Waals surface area (Å²) < 4.78 is 5.27. The number of hydrogen-bond donors (Lipinski definition) is 0. The van der Waals surface area contributed by atoms with Crippen molar-refractivity contribution >= 4 is 0 Å². The fourth-order valence-electron chi connectivity index (χ4n) is 7.85. The van der Waals surface area contributed by atoms with Crippen LogP contribution in [0.4, 0.5) is 0 Å². The lowest BCUT2D eigenvalue weighted by Crippen LogP contribution is -2.26. The standard InChI is InChI=1S/C15H22O.C15H22.C14H20/c1-15(2,3)13-7-5-12-10-14(16-4)8-6-11(12)9-13;1-15(2,3)11-12-8-9-13-6-4-5-7-14(13)10-12;1-14(2,3)13-9-8-11-6-4-5-7-12(11)10-13/h6,8,10,13H,5,7,9H2,1-4H3;4-7,12H,8-11H2,1-3H3;4-7,13H,8-10H2,1-3H3. The van der Waals surface area contributed by atoms with Gasteiger partial charge in [0.05, 0.1) is 7.11 Å². The van der Waals surface area contributed by atoms with Crippen molar-refractivity contribution < 1.29 is 4.74 Å². The van der Waals surface area contributed by atoms with Gasteiger partial charge in [0.25, 0.3) is 0 Å². The van der Waals surface area contributed by atoms with Crippen molar-refractivity contribution in [3.8, 4) is 5.75 Å². The average Bonchev–Trinajstić information content (AvgIpc) is 2.99. The molecule has 3 aliphatic carbocycles. The molecule has 0 saturated carbocycles. The zero-order chi connectivity index (χ0) is 32.8. The Morgan fingerprint density at radius 1 is 0.533 bits per heavy atom. The molecular formula is C44H64O. The first-order valence-electron chi connectivity index (χ1n) is 17.9. The number of hydrogen-bond acceptors (Lipinski definition) is 1. The number of methoxy groups -OCH3 is 1. The van der Waals surface area contributed by atoms with Crippen LogP contribution >= 0.6 is 0 Å². The van der Waals surface area contributed by atoms with Gasteiger partial charge in [-0.25, -0.2) is 0 Å². The first-order valence-corrected chi connectivity index (χ1v) is 17.9. The minimum absolute atomic E-state index is 0.428. The van der Waals surface area contributed by atoms with Gasteiger partial charge in [0.2, 0.25) is 0 Å². The summed E-state index contributed by atoms with van der Waals surface area (Å²) in [4.78, 5) is 0. The van der Waals surface area contributed by atoms with E-state index in [1.165, 1.54) is 75.3 Å². The highest BCUT2D eigenvalue weighted by atomic mass is 16.5. The molecule has 1 nitrogen and oxygen atoms in total. The van der Waals surface area contributed by atoms with E-state index in [1.807, 2.05) is 0 Å². The zero-order valence-electron chi connectivity index (χ0n) is 30.6. The first kappa shape index (κ1) is 35.3. The van der Waals surface area contributed by atoms with Crippen LogP contribution in [0.25, 0.3) is 0 Å². The Labute approximate surface area is 277 Å². The summed E-state index contributed by atoms with van der Waals surface area (Å²) >= 11 is 0. The molecule has 45 heavy (non-hydrogen) atoms. The van der Waals surface area contributed by atoms with Gasteiger partial charge in [-0.3, -0.25) is 0 Å². The summed E-state index contributed by atoms with van der Waals surface area (Å²) in [5, 5.41) is 0. The molecule has 6 rings (SSSR count). The number of ether oxygens (including phenoxy) is 1. The van der Waals surface area contributed by atoms with Crippen molar-refractivity contribution in [1.82, 2.24) is 0 Å². The Kier molecular flexibility index (Phi) is 11.7. The van der Waals surface area contributed by atoms with Crippen LogP contribution in [0, 0.1) is 34.0 Å². The van der Waals surface area contributed by atoms with E-state index >= 15 is 0 Å². The van der Waals surface area contributed by atoms with Gasteiger partial charge in [0.1, 0.15) is 5.75 Å². The number of rotatable bonds is 2. The smallest absolute Gasteiger partial charge is 0.119 e. The molecule has 0 bridgehead atoms. The molecule has 246 valence electrons. The molecule has 3 unspecified atom stereocenters. The van der Waals surface area contributed by atoms with Gasteiger partial charge in [0, 0.05) is 0 Å². The lowest BCUT2D eigenvalue weighted by molar-refractivity contribution is 0.216. The van der Waals surface area contributed by atoms with Gasteiger partial charge < -0.3 is 4.74 Å². The summed E-state index contributed by atoms with van der Waals surface area (Å²) in [7, 11) is 1.74. The molecule has 3 aromatic carbocycles. The van der Waals surface area contributed by atoms with Crippen molar-refractivity contribution in [1.29, 1.82) is 0 Å². The van der Waals surface area contributed by atoms with E-state index in [4.69, 9.17) is 4.74 Å². The third-order valence-corrected chi connectivity index (χ3v) is 10.8. The van der Waals surface area contributed by atoms with E-state index in [-0.39, 0.29) is 0 Å². The van der Waals surface area contributed by atoms with Crippen LogP contribution in [-0.4, -0.2) is 7.11 Å². The van der Waals surface area contributed by atoms with E-state index in [0.717, 1.165) is 23.5 Å². The quantitative estimate of drug-likeness (QED) is 0.281. The maximum absolute atomic E-state index is 5.27. The summed E-state index contributed by atoms with van der Waals surface area (Å²) in [6, 6.07) is 24.4. The Morgan fingerprint density at radius 3 is 1.47 bits per heavy atom. The Morgan fingerprint density at radius 2 is 0.978 bits per heavy atom. The van der Waals surface area contributed by atoms with Crippen LogP contribution in [0.2, 0.25) is 0 Å². The fourth-order valence-corrected chi connectivity index (χ4v) is 7.85. The molecule has 0 saturated heterocycles. The van der Waals surface area contributed by atoms with Gasteiger partial charge in [-0.1, -0.05) is 117 Å². The molecule has 0 amide bonds. The molecule has 0 spiro atoms. The molecule has 0 fully saturated rings. The van der Waals surface area contributed by atoms with Gasteiger partial charge in [-0.15, -0.1) is 0 Å². The normalized spacial score (nSPS) is 21.1. The summed E-state index contributed by atoms with van der Waals surface area (Å²) in [5.41, 5.74) is 10.7. The van der Waals surface area contributed by atoms with E-state index < -0.39 is 0 Å². The predicted molar refractivity (Wildman–Crippen MR) is 195 cm³/mol. The molecule has 0 heterocycles. The Hall–Kier alpha value is -2.54. The summed E-state index contributed by atoms with van der Waals surface area (Å²) in [6.07, 6.45) is 13.0. The average molecular weight is 609 g/mol. The highest BCUT2D eigenvalue weighted by Crippen LogP contribution is 2.39. The number of aryl methyl sites for hydroxylation is 3. The molecule has 3 aliphatic rings. The van der Waals surface area contributed by atoms with Crippen LogP contribution in [0.1, 0.15) is 121 Å². The van der Waals surface area contributed by atoms with Crippen molar-refractivity contribution in [3.05, 3.63) is 100 Å². The lowest BCUT2D eigenvalue weighted by Gasteiger charge is -2.35. The molecule has 0 radical (unpaired) electrons. The van der Waals surface area contributed by atoms with Gasteiger partial charge in [-0.05, 0) is 144 Å². The number of benzene rings is 3. The van der Waals surface area contributed by atoms with Crippen molar-refractivity contribution in [2.45, 2.75) is 127 Å². The molecule has 0 aromatic heterocycles. The second-order valence-electron chi connectivity index (χ2n) is 17.7. The highest BCUT2D eigenvalue weighted by Gasteiger charge is 2.29. The Balaban J connectivity index is 0.000000154. The maximum Gasteiger partial charge on any atom is 0.119 e. The molecular weight excluding hydrogens is 544 g/mol. The molecule has 3 aromatic rings. The van der Waals surface area contributed by atoms with E-state index in [1.54, 1.807) is 29.4 Å². The second kappa shape index (κ2) is 14.9. The monoisotopic (exact) mass is 608 g/mol. The SMILES string of the molecule is CC(C)(C)C1CCc2ccccc2C1.CC(C)(C)CC1CCc2ccccc2C1.COc1ccc2c(c1)CCC(C(C)(C)C)C2. The van der Waals surface area contributed by atoms with Crippen molar-refractivity contribution in [3.63, 3.8) is 0 Å². The van der Waals surface area contributed by atoms with Crippen LogP contribution < -0.4 is 4.74 Å². The summed E-state index contributed by atoms with van der Waals surface area (Å²) in [6.45, 7) is 21.2. The first-order chi connectivity index (χ1) is 21.1. The van der Waals surface area contributed by atoms with Crippen LogP contribution in [0.15, 0.2) is 66.7 Å². The van der Waals surface area contributed by atoms with Gasteiger partial charge in [-0.2, -0.15) is 0 Å². The van der Waals surface area contributed by atoms with E-state index in [9.17, 15) is 0 Å². The second-order valence-corrected chi connectivity index (χ2v) is 17.7. The molecule has 0 N–H and O–H groups in total. The minimum atomic E-state index is 0.428. The van der Waals surface area contributed by atoms with Gasteiger partial charge in [0.15, 0.2) is 0 Å². The number of fused-ring (bicyclic) bond motifs is 3. The third-order valence-electron chi connectivity index (χ3n) is 10.8. The van der Waals surface area contributed by atoms with E-state index in [2.05, 4.69) is 129 Å². The van der Waals surface area contributed by atoms with E-state index in [0.29, 0.717) is 16.2 Å². The lowest BCUT2D eigenvalue weighted by atomic mass is 9.70. The maximum atomic E-state index is 5.27. The molecule has 0 aliphatic heterocycles. The van der Waals surface area contributed by atoms with Crippen molar-refractivity contribution in [2.75, 3.05) is 7.11 Å². The van der Waals surface area contributed by atoms with Crippen molar-refractivity contribution in [2.24, 2.45) is 34.0 Å². The van der Waals surface area contributed by atoms with Gasteiger partial charge >= 0.3 is 0 Å². The van der Waals surface area contributed by atoms with Crippen LogP contribution in [-0.2, 0) is 38.5 Å². The van der Waals surface area contributed by atoms with Crippen LogP contribution in [0.3, 0.4) is 0 Å². The fraction of sp³-hybridized carbons (Fsp3) is 0.591. The minimum Gasteiger partial charge on any atom is -0.497 e. The molecule has 1 heteroatoms. The third kappa shape index (κ3) is 10.5. The van der Waals surface area contributed by atoms with Crippen LogP contribution in [0.5, 0.6) is 5.75 Å². The predicted octanol–water partition coefficient (Wildman–Crippen LogP) is 11.9. The topological polar surface area (TPSA) is 9.23 Å². The molecule has 3 atom stereocenters. The Bertz CT molecular complexity index is 1360. The largest absolute Gasteiger partial charge is 0.497 e.